The van der Waals surface area contributed by atoms with Crippen molar-refractivity contribution in [1.82, 2.24) is 29.9 Å². The fourth-order valence-electron chi connectivity index (χ4n) is 3.33. The Kier molecular flexibility index (Phi) is 4.16. The largest absolute Gasteiger partial charge is 0.349 e. The van der Waals surface area contributed by atoms with Crippen molar-refractivity contribution in [3.8, 4) is 11.3 Å². The minimum atomic E-state index is -0.0985. The number of nitrogens with one attached hydrogen (secondary N) is 2. The van der Waals surface area contributed by atoms with Gasteiger partial charge in [0.05, 0.1) is 5.69 Å². The van der Waals surface area contributed by atoms with Crippen LogP contribution in [0.15, 0.2) is 41.3 Å². The van der Waals surface area contributed by atoms with Gasteiger partial charge in [0.1, 0.15) is 5.82 Å². The van der Waals surface area contributed by atoms with Crippen LogP contribution in [-0.4, -0.2) is 36.5 Å². The molecule has 3 aromatic rings. The van der Waals surface area contributed by atoms with Crippen molar-refractivity contribution in [3.05, 3.63) is 58.4 Å². The average molecular weight is 352 g/mol. The lowest BCUT2D eigenvalue weighted by Crippen LogP contribution is -2.35. The molecule has 0 saturated heterocycles. The van der Waals surface area contributed by atoms with Crippen LogP contribution in [0.4, 0.5) is 0 Å². The topological polar surface area (TPSA) is 97.6 Å². The first kappa shape index (κ1) is 16.3. The second kappa shape index (κ2) is 6.62. The molecule has 2 N–H and O–H groups in total. The van der Waals surface area contributed by atoms with Crippen molar-refractivity contribution in [1.29, 1.82) is 0 Å². The SMILES string of the molecule is Cn1nc2n(c1=O)CCC(NC(=O)c1ccc(-c3ccn[nH]3)cc1)CC2. The summed E-state index contributed by atoms with van der Waals surface area (Å²) in [6.07, 6.45) is 3.87. The maximum absolute atomic E-state index is 12.5. The van der Waals surface area contributed by atoms with Crippen molar-refractivity contribution in [2.24, 2.45) is 7.05 Å². The molecule has 1 aromatic carbocycles. The number of rotatable bonds is 3. The van der Waals surface area contributed by atoms with E-state index in [1.807, 2.05) is 30.3 Å². The quantitative estimate of drug-likeness (QED) is 0.738. The zero-order valence-electron chi connectivity index (χ0n) is 14.5. The van der Waals surface area contributed by atoms with Gasteiger partial charge in [0.15, 0.2) is 0 Å². The summed E-state index contributed by atoms with van der Waals surface area (Å²) in [5.74, 6) is 0.691. The Labute approximate surface area is 149 Å². The minimum Gasteiger partial charge on any atom is -0.349 e. The van der Waals surface area contributed by atoms with Crippen LogP contribution >= 0.6 is 0 Å². The maximum atomic E-state index is 12.5. The Bertz CT molecular complexity index is 968. The van der Waals surface area contributed by atoms with Crippen molar-refractivity contribution >= 4 is 5.91 Å². The van der Waals surface area contributed by atoms with E-state index in [0.29, 0.717) is 18.5 Å². The molecule has 3 heterocycles. The van der Waals surface area contributed by atoms with Gasteiger partial charge in [0, 0.05) is 37.8 Å². The van der Waals surface area contributed by atoms with Gasteiger partial charge in [-0.3, -0.25) is 14.5 Å². The zero-order chi connectivity index (χ0) is 18.1. The maximum Gasteiger partial charge on any atom is 0.345 e. The average Bonchev–Trinajstić information content (AvgIpc) is 3.22. The Morgan fingerprint density at radius 3 is 2.77 bits per heavy atom. The Hall–Kier alpha value is -3.16. The third kappa shape index (κ3) is 3.05. The fraction of sp³-hybridized carbons (Fsp3) is 0.333. The highest BCUT2D eigenvalue weighted by molar-refractivity contribution is 5.94. The van der Waals surface area contributed by atoms with Crippen LogP contribution < -0.4 is 11.0 Å². The number of carbonyl (C=O) groups is 1. The lowest BCUT2D eigenvalue weighted by atomic mass is 10.1. The molecule has 1 unspecified atom stereocenters. The highest BCUT2D eigenvalue weighted by Gasteiger charge is 2.21. The summed E-state index contributed by atoms with van der Waals surface area (Å²) in [5, 5.41) is 14.2. The molecule has 8 heteroatoms. The van der Waals surface area contributed by atoms with Crippen molar-refractivity contribution < 1.29 is 4.79 Å². The molecule has 0 saturated carbocycles. The van der Waals surface area contributed by atoms with E-state index in [0.717, 1.165) is 29.9 Å². The third-order valence-corrected chi connectivity index (χ3v) is 4.80. The number of aryl methyl sites for hydroxylation is 2. The van der Waals surface area contributed by atoms with Gasteiger partial charge in [-0.25, -0.2) is 9.48 Å². The fourth-order valence-corrected chi connectivity index (χ4v) is 3.33. The summed E-state index contributed by atoms with van der Waals surface area (Å²) in [5.41, 5.74) is 2.42. The second-order valence-electron chi connectivity index (χ2n) is 6.52. The molecule has 0 spiro atoms. The number of hydrogen-bond donors (Lipinski definition) is 2. The number of fused-ring (bicyclic) bond motifs is 1. The summed E-state index contributed by atoms with van der Waals surface area (Å²) in [4.78, 5) is 24.6. The van der Waals surface area contributed by atoms with E-state index in [2.05, 4.69) is 20.6 Å². The van der Waals surface area contributed by atoms with Crippen LogP contribution in [0.1, 0.15) is 29.0 Å². The van der Waals surface area contributed by atoms with Crippen LogP contribution in [0.5, 0.6) is 0 Å². The van der Waals surface area contributed by atoms with Gasteiger partial charge in [-0.1, -0.05) is 12.1 Å². The molecule has 0 radical (unpaired) electrons. The predicted octanol–water partition coefficient (Wildman–Crippen LogP) is 1.11. The third-order valence-electron chi connectivity index (χ3n) is 4.80. The molecule has 134 valence electrons. The van der Waals surface area contributed by atoms with Crippen LogP contribution in [-0.2, 0) is 20.0 Å². The first-order valence-electron chi connectivity index (χ1n) is 8.65. The highest BCUT2D eigenvalue weighted by atomic mass is 16.2. The minimum absolute atomic E-state index is 0.0289. The van der Waals surface area contributed by atoms with Gasteiger partial charge >= 0.3 is 5.69 Å². The molecule has 2 aromatic heterocycles. The smallest absolute Gasteiger partial charge is 0.345 e. The normalized spacial score (nSPS) is 16.7. The monoisotopic (exact) mass is 352 g/mol. The molecular formula is C18H20N6O2. The zero-order valence-corrected chi connectivity index (χ0v) is 14.5. The van der Waals surface area contributed by atoms with E-state index >= 15 is 0 Å². The van der Waals surface area contributed by atoms with Gasteiger partial charge in [-0.2, -0.15) is 10.2 Å². The van der Waals surface area contributed by atoms with Gasteiger partial charge < -0.3 is 5.32 Å². The van der Waals surface area contributed by atoms with Crippen LogP contribution in [0.2, 0.25) is 0 Å². The van der Waals surface area contributed by atoms with Gasteiger partial charge in [0.25, 0.3) is 5.91 Å². The van der Waals surface area contributed by atoms with E-state index in [1.54, 1.807) is 17.8 Å². The summed E-state index contributed by atoms with van der Waals surface area (Å²) in [7, 11) is 1.66. The lowest BCUT2D eigenvalue weighted by molar-refractivity contribution is 0.0933. The molecule has 4 rings (SSSR count). The number of carbonyl (C=O) groups excluding carboxylic acids is 1. The summed E-state index contributed by atoms with van der Waals surface area (Å²) in [6, 6.07) is 9.32. The number of aromatic nitrogens is 5. The number of hydrogen-bond acceptors (Lipinski definition) is 4. The summed E-state index contributed by atoms with van der Waals surface area (Å²) in [6.45, 7) is 0.575. The first-order chi connectivity index (χ1) is 12.6. The molecule has 0 bridgehead atoms. The molecule has 1 atom stereocenters. The predicted molar refractivity (Wildman–Crippen MR) is 95.7 cm³/mol. The summed E-state index contributed by atoms with van der Waals surface area (Å²) < 4.78 is 3.07. The van der Waals surface area contributed by atoms with Crippen molar-refractivity contribution in [2.45, 2.75) is 31.8 Å². The van der Waals surface area contributed by atoms with E-state index in [-0.39, 0.29) is 17.6 Å². The lowest BCUT2D eigenvalue weighted by Gasteiger charge is -2.16. The second-order valence-corrected chi connectivity index (χ2v) is 6.52. The number of aromatic amines is 1. The highest BCUT2D eigenvalue weighted by Crippen LogP contribution is 2.17. The molecular weight excluding hydrogens is 332 g/mol. The number of benzene rings is 1. The Morgan fingerprint density at radius 2 is 2.04 bits per heavy atom. The molecule has 0 fully saturated rings. The number of amides is 1. The van der Waals surface area contributed by atoms with Crippen LogP contribution in [0.3, 0.4) is 0 Å². The standard InChI is InChI=1S/C18H20N6O2/c1-23-18(26)24-11-9-14(6-7-16(24)22-23)20-17(25)13-4-2-12(3-5-13)15-8-10-19-21-15/h2-5,8,10,14H,6-7,9,11H2,1H3,(H,19,21)(H,20,25). The number of nitrogens with zero attached hydrogens (tertiary/aromatic N) is 4. The van der Waals surface area contributed by atoms with E-state index in [4.69, 9.17) is 0 Å². The Balaban J connectivity index is 1.41. The van der Waals surface area contributed by atoms with Gasteiger partial charge in [0.2, 0.25) is 0 Å². The Morgan fingerprint density at radius 1 is 1.23 bits per heavy atom. The molecule has 0 aliphatic carbocycles. The molecule has 8 nitrogen and oxygen atoms in total. The van der Waals surface area contributed by atoms with Crippen molar-refractivity contribution in [3.63, 3.8) is 0 Å². The molecule has 1 amide bonds. The number of H-pyrrole nitrogens is 1. The summed E-state index contributed by atoms with van der Waals surface area (Å²) >= 11 is 0. The van der Waals surface area contributed by atoms with Crippen LogP contribution in [0.25, 0.3) is 11.3 Å². The van der Waals surface area contributed by atoms with Crippen LogP contribution in [0, 0.1) is 0 Å². The van der Waals surface area contributed by atoms with Gasteiger partial charge in [-0.15, -0.1) is 0 Å². The molecule has 26 heavy (non-hydrogen) atoms. The van der Waals surface area contributed by atoms with Crippen molar-refractivity contribution in [2.75, 3.05) is 0 Å². The molecule has 1 aliphatic rings. The van der Waals surface area contributed by atoms with Gasteiger partial charge in [-0.05, 0) is 36.6 Å². The van der Waals surface area contributed by atoms with E-state index in [1.165, 1.54) is 4.68 Å². The molecule has 1 aliphatic heterocycles. The van der Waals surface area contributed by atoms with E-state index in [9.17, 15) is 9.59 Å². The van der Waals surface area contributed by atoms with E-state index < -0.39 is 0 Å². The first-order valence-corrected chi connectivity index (χ1v) is 8.65.